The molecule has 0 aromatic heterocycles. The summed E-state index contributed by atoms with van der Waals surface area (Å²) in [5.41, 5.74) is -0.141. The van der Waals surface area contributed by atoms with Crippen LogP contribution in [0.4, 0.5) is 22.0 Å². The molecule has 1 aromatic carbocycles. The van der Waals surface area contributed by atoms with Crippen molar-refractivity contribution in [3.8, 4) is 0 Å². The monoisotopic (exact) mass is 397 g/mol. The molecule has 0 heterocycles. The van der Waals surface area contributed by atoms with E-state index in [9.17, 15) is 37.3 Å². The second-order valence-electron chi connectivity index (χ2n) is 6.16. The van der Waals surface area contributed by atoms with Crippen molar-refractivity contribution in [2.75, 3.05) is 13.2 Å². The van der Waals surface area contributed by atoms with Crippen LogP contribution in [0.15, 0.2) is 35.9 Å². The molecule has 4 atom stereocenters. The van der Waals surface area contributed by atoms with Crippen LogP contribution in [-0.4, -0.2) is 59.4 Å². The van der Waals surface area contributed by atoms with Gasteiger partial charge in [-0.2, -0.15) is 22.0 Å². The van der Waals surface area contributed by atoms with Crippen molar-refractivity contribution in [2.45, 2.75) is 43.6 Å². The molecule has 0 saturated heterocycles. The Hall–Kier alpha value is -1.59. The third-order valence-electron chi connectivity index (χ3n) is 4.27. The molecule has 0 fully saturated rings. The highest BCUT2D eigenvalue weighted by Crippen LogP contribution is 2.29. The van der Waals surface area contributed by atoms with Gasteiger partial charge in [0.25, 0.3) is 0 Å². The molecule has 1 aliphatic carbocycles. The maximum atomic E-state index is 12.5. The van der Waals surface area contributed by atoms with Gasteiger partial charge in [0.2, 0.25) is 0 Å². The number of nitrogens with one attached hydrogen (secondary N) is 1. The molecule has 0 unspecified atom stereocenters. The van der Waals surface area contributed by atoms with E-state index in [0.717, 1.165) is 12.1 Å². The molecule has 152 valence electrons. The number of aliphatic hydroxyl groups is 3. The van der Waals surface area contributed by atoms with Crippen LogP contribution >= 0.6 is 0 Å². The molecule has 1 aliphatic rings. The van der Waals surface area contributed by atoms with E-state index in [4.69, 9.17) is 0 Å². The Balaban J connectivity index is 1.94. The van der Waals surface area contributed by atoms with Crippen LogP contribution in [0.5, 0.6) is 0 Å². The Labute approximate surface area is 152 Å². The minimum atomic E-state index is -4.42. The lowest BCUT2D eigenvalue weighted by molar-refractivity contribution is -0.137. The number of aliphatic hydroxyl groups excluding tert-OH is 3. The molecule has 1 aromatic rings. The van der Waals surface area contributed by atoms with Gasteiger partial charge in [-0.1, -0.05) is 18.2 Å². The van der Waals surface area contributed by atoms with Crippen LogP contribution in [-0.2, 0) is 17.3 Å². The zero-order chi connectivity index (χ0) is 20.2. The molecule has 10 heteroatoms. The Morgan fingerprint density at radius 1 is 1.04 bits per heavy atom. The number of rotatable bonds is 7. The molecule has 0 saturated carbocycles. The van der Waals surface area contributed by atoms with Crippen molar-refractivity contribution in [2.24, 2.45) is 0 Å². The van der Waals surface area contributed by atoms with Gasteiger partial charge in [0.1, 0.15) is 18.3 Å². The van der Waals surface area contributed by atoms with Gasteiger partial charge in [0.05, 0.1) is 18.2 Å². The van der Waals surface area contributed by atoms with Gasteiger partial charge in [-0.05, 0) is 36.2 Å². The smallest absolute Gasteiger partial charge is 0.388 e. The first-order valence-corrected chi connectivity index (χ1v) is 8.13. The molecular formula is C17H20F5NO4. The Bertz CT molecular complexity index is 635. The summed E-state index contributed by atoms with van der Waals surface area (Å²) in [6, 6.07) is 3.75. The summed E-state index contributed by atoms with van der Waals surface area (Å²) in [7, 11) is 0. The van der Waals surface area contributed by atoms with Gasteiger partial charge in [-0.15, -0.1) is 0 Å². The quantitative estimate of drug-likeness (QED) is 0.414. The Kier molecular flexibility index (Phi) is 7.29. The van der Waals surface area contributed by atoms with E-state index in [1.54, 1.807) is 0 Å². The number of hydrogen-bond acceptors (Lipinski definition) is 5. The molecular weight excluding hydrogens is 377 g/mol. The normalized spacial score (nSPS) is 26.3. The first-order chi connectivity index (χ1) is 12.6. The van der Waals surface area contributed by atoms with Crippen molar-refractivity contribution in [3.05, 3.63) is 47.0 Å². The Morgan fingerprint density at radius 2 is 1.67 bits per heavy atom. The summed E-state index contributed by atoms with van der Waals surface area (Å²) in [6.45, 7) is -3.43. The van der Waals surface area contributed by atoms with Gasteiger partial charge >= 0.3 is 12.8 Å². The lowest BCUT2D eigenvalue weighted by atomic mass is 9.88. The highest BCUT2D eigenvalue weighted by Gasteiger charge is 2.37. The third-order valence-corrected chi connectivity index (χ3v) is 4.27. The number of alkyl halides is 5. The van der Waals surface area contributed by atoms with E-state index < -0.39 is 49.3 Å². The number of benzene rings is 1. The maximum Gasteiger partial charge on any atom is 0.416 e. The first kappa shape index (κ1) is 21.7. The summed E-state index contributed by atoms with van der Waals surface area (Å²) in [5.74, 6) is 0. The fourth-order valence-corrected chi connectivity index (χ4v) is 2.76. The molecule has 0 bridgehead atoms. The molecule has 27 heavy (non-hydrogen) atoms. The van der Waals surface area contributed by atoms with Crippen LogP contribution in [0.1, 0.15) is 11.1 Å². The second-order valence-corrected chi connectivity index (χ2v) is 6.16. The van der Waals surface area contributed by atoms with Gasteiger partial charge < -0.3 is 25.4 Å². The van der Waals surface area contributed by atoms with Gasteiger partial charge in [0, 0.05) is 0 Å². The fraction of sp³-hybridized carbons (Fsp3) is 0.529. The lowest BCUT2D eigenvalue weighted by Gasteiger charge is -2.35. The highest BCUT2D eigenvalue weighted by molar-refractivity contribution is 5.25. The minimum absolute atomic E-state index is 0.000120. The van der Waals surface area contributed by atoms with Crippen molar-refractivity contribution in [1.82, 2.24) is 5.32 Å². The van der Waals surface area contributed by atoms with Gasteiger partial charge in [-0.3, -0.25) is 0 Å². The number of halogens is 5. The highest BCUT2D eigenvalue weighted by atomic mass is 19.4. The van der Waals surface area contributed by atoms with Crippen LogP contribution in [0.2, 0.25) is 0 Å². The van der Waals surface area contributed by atoms with Crippen molar-refractivity contribution in [3.63, 3.8) is 0 Å². The lowest BCUT2D eigenvalue weighted by Crippen LogP contribution is -2.54. The van der Waals surface area contributed by atoms with Gasteiger partial charge in [0.15, 0.2) is 0 Å². The summed E-state index contributed by atoms with van der Waals surface area (Å²) in [6.07, 6.45) is -7.29. The molecule has 0 spiro atoms. The fourth-order valence-electron chi connectivity index (χ4n) is 2.76. The molecule has 0 amide bonds. The van der Waals surface area contributed by atoms with Crippen molar-refractivity contribution >= 4 is 0 Å². The first-order valence-electron chi connectivity index (χ1n) is 8.13. The van der Waals surface area contributed by atoms with E-state index in [1.807, 2.05) is 0 Å². The number of ether oxygens (including phenoxy) is 1. The summed E-state index contributed by atoms with van der Waals surface area (Å²) >= 11 is 0. The molecule has 5 nitrogen and oxygen atoms in total. The minimum Gasteiger partial charge on any atom is -0.388 e. The Morgan fingerprint density at radius 3 is 2.22 bits per heavy atom. The summed E-state index contributed by atoms with van der Waals surface area (Å²) < 4.78 is 66.0. The van der Waals surface area contributed by atoms with Crippen LogP contribution in [0, 0.1) is 0 Å². The average Bonchev–Trinajstić information content (AvgIpc) is 2.60. The van der Waals surface area contributed by atoms with Crippen LogP contribution < -0.4 is 5.32 Å². The topological polar surface area (TPSA) is 82.0 Å². The van der Waals surface area contributed by atoms with Crippen molar-refractivity contribution < 1.29 is 42.0 Å². The van der Waals surface area contributed by atoms with E-state index in [1.165, 1.54) is 18.2 Å². The van der Waals surface area contributed by atoms with E-state index >= 15 is 0 Å². The van der Waals surface area contributed by atoms with Gasteiger partial charge in [-0.25, -0.2) is 0 Å². The zero-order valence-corrected chi connectivity index (χ0v) is 14.0. The predicted octanol–water partition coefficient (Wildman–Crippen LogP) is 1.47. The maximum absolute atomic E-state index is 12.5. The molecule has 4 N–H and O–H groups in total. The standard InChI is InChI=1S/C17H20F5NO4/c18-16(19)27-8-10-7-12(14(25)15(26)13(10)24)23-6-5-9-1-3-11(4-2-9)17(20,21)22/h1-4,7,12-16,23-26H,5-6,8H2/t12-,13+,14+,15+/m1/s1. The SMILES string of the molecule is O[C@@H]1[C@@H](O)[C@@H](O)C(COC(F)F)=C[C@H]1NCCc1ccc(C(F)(F)F)cc1. The molecule has 0 radical (unpaired) electrons. The van der Waals surface area contributed by atoms with E-state index in [2.05, 4.69) is 10.1 Å². The summed E-state index contributed by atoms with van der Waals surface area (Å²) in [4.78, 5) is 0. The molecule has 0 aliphatic heterocycles. The van der Waals surface area contributed by atoms with E-state index in [-0.39, 0.29) is 12.1 Å². The van der Waals surface area contributed by atoms with Crippen molar-refractivity contribution in [1.29, 1.82) is 0 Å². The van der Waals surface area contributed by atoms with Crippen LogP contribution in [0.3, 0.4) is 0 Å². The third kappa shape index (κ3) is 5.94. The largest absolute Gasteiger partial charge is 0.416 e. The zero-order valence-electron chi connectivity index (χ0n) is 14.0. The van der Waals surface area contributed by atoms with E-state index in [0.29, 0.717) is 12.0 Å². The number of hydrogen-bond donors (Lipinski definition) is 4. The average molecular weight is 397 g/mol. The second kappa shape index (κ2) is 9.07. The summed E-state index contributed by atoms with van der Waals surface area (Å²) in [5, 5.41) is 32.5. The molecule has 2 rings (SSSR count). The predicted molar refractivity (Wildman–Crippen MR) is 85.0 cm³/mol. The van der Waals surface area contributed by atoms with Crippen LogP contribution in [0.25, 0.3) is 0 Å².